The number of carbonyl (C=O) groups excluding carboxylic acids is 3. The van der Waals surface area contributed by atoms with E-state index in [1.54, 1.807) is 17.0 Å². The quantitative estimate of drug-likeness (QED) is 0.0973. The number of rotatable bonds is 15. The number of Topliss-reactive ketones (excluding diaryl/α,β-unsaturated/α-hetero) is 1. The maximum Gasteiger partial charge on any atom is 0.316 e. The van der Waals surface area contributed by atoms with Gasteiger partial charge in [-0.2, -0.15) is 0 Å². The van der Waals surface area contributed by atoms with E-state index in [2.05, 4.69) is 4.90 Å². The molecule has 2 aromatic carbocycles. The Labute approximate surface area is 270 Å². The number of benzene rings is 2. The van der Waals surface area contributed by atoms with Crippen LogP contribution in [0.5, 0.6) is 0 Å². The van der Waals surface area contributed by atoms with E-state index >= 15 is 0 Å². The standard InChI is InChI=1S/C35H45N5O6/c1-25-31(26(2)42)32(27-13-15-29(16-14-27)40(44)45)33(30(37-25)12-7-8-19-36)39(24-41)21-9-20-38-22-17-35(18-23-38,34(43)46-3)28-10-5-4-6-11-28/h4-6,10-11,13-16,24,31-32H,7-9,12,17-23,36H2,1-3H3. The summed E-state index contributed by atoms with van der Waals surface area (Å²) < 4.78 is 5.24. The van der Waals surface area contributed by atoms with Gasteiger partial charge in [0.15, 0.2) is 0 Å². The molecule has 0 radical (unpaired) electrons. The highest BCUT2D eigenvalue weighted by Gasteiger charge is 2.44. The Balaban J connectivity index is 1.57. The summed E-state index contributed by atoms with van der Waals surface area (Å²) in [6.07, 6.45) is 4.88. The van der Waals surface area contributed by atoms with Crippen LogP contribution in [0.2, 0.25) is 0 Å². The second-order valence-corrected chi connectivity index (χ2v) is 12.2. The minimum Gasteiger partial charge on any atom is -0.468 e. The van der Waals surface area contributed by atoms with Gasteiger partial charge in [0.05, 0.1) is 34.8 Å². The number of nitrogens with zero attached hydrogens (tertiary/aromatic N) is 4. The van der Waals surface area contributed by atoms with E-state index in [1.807, 2.05) is 37.3 Å². The minimum atomic E-state index is -0.678. The highest BCUT2D eigenvalue weighted by molar-refractivity contribution is 6.05. The number of hydrogen-bond acceptors (Lipinski definition) is 9. The fraction of sp³-hybridized carbons (Fsp3) is 0.486. The number of unbranched alkanes of at least 4 members (excludes halogenated alkanes) is 1. The number of amides is 1. The molecule has 2 aromatic rings. The molecule has 0 bridgehead atoms. The molecule has 4 rings (SSSR count). The maximum atomic E-state index is 13.1. The van der Waals surface area contributed by atoms with E-state index < -0.39 is 22.2 Å². The fourth-order valence-corrected chi connectivity index (χ4v) is 6.98. The van der Waals surface area contributed by atoms with Gasteiger partial charge in [-0.05, 0) is 89.7 Å². The summed E-state index contributed by atoms with van der Waals surface area (Å²) in [6.45, 7) is 6.41. The van der Waals surface area contributed by atoms with Gasteiger partial charge in [0.1, 0.15) is 5.78 Å². The third kappa shape index (κ3) is 7.59. The highest BCUT2D eigenvalue weighted by atomic mass is 16.6. The van der Waals surface area contributed by atoms with E-state index in [4.69, 9.17) is 15.5 Å². The summed E-state index contributed by atoms with van der Waals surface area (Å²) >= 11 is 0. The van der Waals surface area contributed by atoms with E-state index in [-0.39, 0.29) is 17.4 Å². The van der Waals surface area contributed by atoms with Crippen molar-refractivity contribution in [3.63, 3.8) is 0 Å². The first kappa shape index (κ1) is 34.6. The molecule has 1 fully saturated rings. The van der Waals surface area contributed by atoms with Crippen LogP contribution in [0.1, 0.15) is 69.4 Å². The van der Waals surface area contributed by atoms with E-state index in [0.717, 1.165) is 30.5 Å². The lowest BCUT2D eigenvalue weighted by molar-refractivity contribution is -0.384. The van der Waals surface area contributed by atoms with Crippen LogP contribution in [0.15, 0.2) is 71.0 Å². The lowest BCUT2D eigenvalue weighted by Gasteiger charge is -2.40. The molecule has 11 heteroatoms. The van der Waals surface area contributed by atoms with Crippen LogP contribution in [0.4, 0.5) is 5.69 Å². The van der Waals surface area contributed by atoms with Gasteiger partial charge in [0, 0.05) is 30.3 Å². The van der Waals surface area contributed by atoms with Crippen molar-refractivity contribution in [2.75, 3.05) is 39.8 Å². The van der Waals surface area contributed by atoms with Crippen molar-refractivity contribution in [2.45, 2.75) is 63.7 Å². The molecule has 11 nitrogen and oxygen atoms in total. The van der Waals surface area contributed by atoms with Gasteiger partial charge < -0.3 is 20.3 Å². The molecule has 2 N–H and O–H groups in total. The summed E-state index contributed by atoms with van der Waals surface area (Å²) in [5.74, 6) is -1.43. The number of nitro groups is 1. The zero-order valence-corrected chi connectivity index (χ0v) is 27.0. The average Bonchev–Trinajstić information content (AvgIpc) is 3.07. The summed E-state index contributed by atoms with van der Waals surface area (Å²) in [7, 11) is 1.43. The maximum absolute atomic E-state index is 13.1. The van der Waals surface area contributed by atoms with Gasteiger partial charge in [-0.3, -0.25) is 29.5 Å². The number of methoxy groups -OCH3 is 1. The minimum absolute atomic E-state index is 0.0460. The Morgan fingerprint density at radius 2 is 1.78 bits per heavy atom. The average molecular weight is 632 g/mol. The zero-order chi connectivity index (χ0) is 33.3. The lowest BCUT2D eigenvalue weighted by Crippen LogP contribution is -2.48. The number of non-ortho nitro benzene ring substituents is 1. The topological polar surface area (TPSA) is 148 Å². The van der Waals surface area contributed by atoms with Crippen LogP contribution >= 0.6 is 0 Å². The number of ether oxygens (including phenoxy) is 1. The molecular formula is C35H45N5O6. The molecule has 1 amide bonds. The van der Waals surface area contributed by atoms with E-state index in [9.17, 15) is 24.5 Å². The molecule has 0 aliphatic carbocycles. The van der Waals surface area contributed by atoms with Crippen LogP contribution in [-0.2, 0) is 24.5 Å². The van der Waals surface area contributed by atoms with Crippen molar-refractivity contribution in [3.8, 4) is 0 Å². The molecule has 1 saturated heterocycles. The number of piperidine rings is 1. The number of hydrogen-bond donors (Lipinski definition) is 1. The number of nitro benzene ring substituents is 1. The summed E-state index contributed by atoms with van der Waals surface area (Å²) in [5.41, 5.74) is 8.80. The van der Waals surface area contributed by atoms with Crippen LogP contribution in [0, 0.1) is 16.0 Å². The molecule has 2 aliphatic rings. The normalized spacial score (nSPS) is 19.7. The van der Waals surface area contributed by atoms with Crippen molar-refractivity contribution in [3.05, 3.63) is 87.2 Å². The summed E-state index contributed by atoms with van der Waals surface area (Å²) in [5, 5.41) is 11.4. The lowest BCUT2D eigenvalue weighted by atomic mass is 9.72. The number of ketones is 1. The number of nitrogens with two attached hydrogens (primary N) is 1. The monoisotopic (exact) mass is 631 g/mol. The molecule has 0 spiro atoms. The predicted molar refractivity (Wildman–Crippen MR) is 176 cm³/mol. The van der Waals surface area contributed by atoms with Crippen molar-refractivity contribution in [1.29, 1.82) is 0 Å². The Hall–Kier alpha value is -4.22. The number of aliphatic imine (C=N–C) groups is 1. The number of esters is 1. The van der Waals surface area contributed by atoms with Gasteiger partial charge in [-0.15, -0.1) is 0 Å². The second kappa shape index (κ2) is 15.9. The SMILES string of the molecule is COC(=O)C1(c2ccccc2)CCN(CCCN(C=O)C2=C(CCCCN)N=C(C)C(C(C)=O)C2c2ccc([N+](=O)[O-])cc2)CC1. The van der Waals surface area contributed by atoms with Gasteiger partial charge in [0.2, 0.25) is 6.41 Å². The van der Waals surface area contributed by atoms with Gasteiger partial charge in [-0.1, -0.05) is 42.5 Å². The third-order valence-electron chi connectivity index (χ3n) is 9.38. The number of likely N-dealkylation sites (tertiary alicyclic amines) is 1. The highest BCUT2D eigenvalue weighted by Crippen LogP contribution is 2.42. The zero-order valence-electron chi connectivity index (χ0n) is 27.0. The second-order valence-electron chi connectivity index (χ2n) is 12.2. The van der Waals surface area contributed by atoms with Crippen molar-refractivity contribution < 1.29 is 24.0 Å². The van der Waals surface area contributed by atoms with Crippen LogP contribution in [0.25, 0.3) is 0 Å². The smallest absolute Gasteiger partial charge is 0.316 e. The third-order valence-corrected chi connectivity index (χ3v) is 9.38. The molecule has 246 valence electrons. The fourth-order valence-electron chi connectivity index (χ4n) is 6.98. The van der Waals surface area contributed by atoms with Gasteiger partial charge in [-0.25, -0.2) is 0 Å². The largest absolute Gasteiger partial charge is 0.468 e. The molecule has 2 unspecified atom stereocenters. The summed E-state index contributed by atoms with van der Waals surface area (Å²) in [4.78, 5) is 58.6. The van der Waals surface area contributed by atoms with Crippen molar-refractivity contribution in [2.24, 2.45) is 16.6 Å². The predicted octanol–water partition coefficient (Wildman–Crippen LogP) is 4.75. The van der Waals surface area contributed by atoms with Gasteiger partial charge >= 0.3 is 5.97 Å². The molecule has 46 heavy (non-hydrogen) atoms. The number of allylic oxidation sites excluding steroid dienone is 2. The Morgan fingerprint density at radius 1 is 1.11 bits per heavy atom. The van der Waals surface area contributed by atoms with Gasteiger partial charge in [0.25, 0.3) is 5.69 Å². The first-order valence-electron chi connectivity index (χ1n) is 16.0. The molecule has 0 aromatic heterocycles. The summed E-state index contributed by atoms with van der Waals surface area (Å²) in [6, 6.07) is 16.0. The van der Waals surface area contributed by atoms with E-state index in [1.165, 1.54) is 26.2 Å². The van der Waals surface area contributed by atoms with Crippen molar-refractivity contribution in [1.82, 2.24) is 9.80 Å². The van der Waals surface area contributed by atoms with Crippen LogP contribution < -0.4 is 5.73 Å². The first-order chi connectivity index (χ1) is 22.2. The molecule has 2 heterocycles. The Bertz CT molecular complexity index is 1450. The van der Waals surface area contributed by atoms with E-state index in [0.29, 0.717) is 75.4 Å². The molecule has 0 saturated carbocycles. The van der Waals surface area contributed by atoms with Crippen molar-refractivity contribution >= 4 is 29.6 Å². The molecule has 2 atom stereocenters. The van der Waals surface area contributed by atoms with Crippen LogP contribution in [0.3, 0.4) is 0 Å². The first-order valence-corrected chi connectivity index (χ1v) is 16.0. The van der Waals surface area contributed by atoms with Crippen LogP contribution in [-0.4, -0.2) is 78.4 Å². The Kier molecular flexibility index (Phi) is 11.9. The molecular weight excluding hydrogens is 586 g/mol. The molecule has 2 aliphatic heterocycles. The number of carbonyl (C=O) groups is 3. The Morgan fingerprint density at radius 3 is 2.35 bits per heavy atom.